The van der Waals surface area contributed by atoms with Gasteiger partial charge in [-0.15, -0.1) is 0 Å². The van der Waals surface area contributed by atoms with Gasteiger partial charge in [-0.05, 0) is 51.2 Å². The Morgan fingerprint density at radius 2 is 1.81 bits per heavy atom. The van der Waals surface area contributed by atoms with Crippen molar-refractivity contribution in [1.29, 1.82) is 0 Å². The molecule has 3 aliphatic rings. The van der Waals surface area contributed by atoms with E-state index in [4.69, 9.17) is 14.6 Å². The molecule has 0 unspecified atom stereocenters. The topological polar surface area (TPSA) is 42.8 Å². The van der Waals surface area contributed by atoms with Crippen molar-refractivity contribution in [3.63, 3.8) is 0 Å². The van der Waals surface area contributed by atoms with Gasteiger partial charge in [-0.25, -0.2) is 9.37 Å². The van der Waals surface area contributed by atoms with Crippen molar-refractivity contribution < 1.29 is 14.0 Å². The Bertz CT molecular complexity index is 1230. The van der Waals surface area contributed by atoms with E-state index in [0.717, 1.165) is 65.0 Å². The predicted molar refractivity (Wildman–Crippen MR) is 122 cm³/mol. The predicted octanol–water partition coefficient (Wildman–Crippen LogP) is 4.03. The van der Waals surface area contributed by atoms with E-state index in [1.165, 1.54) is 0 Å². The molecule has 5 rings (SSSR count). The highest BCUT2D eigenvalue weighted by Gasteiger charge is 2.23. The second-order valence-corrected chi connectivity index (χ2v) is 8.48. The first kappa shape index (κ1) is 19.9. The lowest BCUT2D eigenvalue weighted by atomic mass is 10.0. The largest absolute Gasteiger partial charge is 0.497 e. The van der Waals surface area contributed by atoms with Crippen LogP contribution < -0.4 is 14.5 Å². The zero-order valence-electron chi connectivity index (χ0n) is 18.4. The number of hydrogen-bond acceptors (Lipinski definition) is 5. The van der Waals surface area contributed by atoms with Crippen molar-refractivity contribution in [1.82, 2.24) is 14.6 Å². The number of fused-ring (bicyclic) bond motifs is 5. The number of halogens is 1. The van der Waals surface area contributed by atoms with E-state index in [1.54, 1.807) is 17.9 Å². The number of aromatic nitrogens is 2. The van der Waals surface area contributed by atoms with E-state index in [0.29, 0.717) is 5.69 Å². The fraction of sp³-hybridized carbons (Fsp3) is 0.375. The minimum absolute atomic E-state index is 0.0356. The highest BCUT2D eigenvalue weighted by molar-refractivity contribution is 6.07. The molecule has 2 aromatic rings. The molecule has 0 aliphatic carbocycles. The van der Waals surface area contributed by atoms with Crippen LogP contribution in [-0.2, 0) is 0 Å². The van der Waals surface area contributed by atoms with E-state index < -0.39 is 0 Å². The fourth-order valence-electron chi connectivity index (χ4n) is 4.31. The molecule has 1 fully saturated rings. The normalized spacial score (nSPS) is 15.5. The van der Waals surface area contributed by atoms with Crippen LogP contribution in [0.2, 0.25) is 0 Å². The van der Waals surface area contributed by atoms with Gasteiger partial charge in [0.2, 0.25) is 0 Å². The van der Waals surface area contributed by atoms with Gasteiger partial charge in [0.25, 0.3) is 0 Å². The minimum Gasteiger partial charge on any atom is -0.497 e. The van der Waals surface area contributed by atoms with Crippen molar-refractivity contribution in [2.24, 2.45) is 0 Å². The van der Waals surface area contributed by atoms with Gasteiger partial charge >= 0.3 is 0 Å². The van der Waals surface area contributed by atoms with Gasteiger partial charge in [-0.3, -0.25) is 0 Å². The third-order valence-corrected chi connectivity index (χ3v) is 5.95. The number of methoxy groups -OCH3 is 1. The summed E-state index contributed by atoms with van der Waals surface area (Å²) in [7, 11) is 3.74. The van der Waals surface area contributed by atoms with E-state index >= 15 is 4.39 Å². The average Bonchev–Trinajstić information content (AvgIpc) is 3.11. The maximum Gasteiger partial charge on any atom is 0.147 e. The number of benzene rings is 2. The summed E-state index contributed by atoms with van der Waals surface area (Å²) in [6, 6.07) is 9.29. The van der Waals surface area contributed by atoms with E-state index in [1.807, 2.05) is 44.3 Å². The molecule has 1 saturated heterocycles. The number of piperazine rings is 1. The molecule has 162 valence electrons. The molecule has 3 heterocycles. The summed E-state index contributed by atoms with van der Waals surface area (Å²) in [5.74, 6) is 0.528. The number of likely N-dealkylation sites (N-methyl/N-ethyl adjacent to an activating group) is 1. The van der Waals surface area contributed by atoms with Crippen LogP contribution in [0.3, 0.4) is 0 Å². The van der Waals surface area contributed by atoms with E-state index in [-0.39, 0.29) is 11.9 Å². The summed E-state index contributed by atoms with van der Waals surface area (Å²) < 4.78 is 22.5. The number of ether oxygens (including phenoxy) is 1. The number of pyridine rings is 1. The summed E-state index contributed by atoms with van der Waals surface area (Å²) in [5, 5.41) is 1.70. The van der Waals surface area contributed by atoms with Crippen LogP contribution in [0, 0.1) is 5.82 Å². The van der Waals surface area contributed by atoms with Crippen molar-refractivity contribution in [3.05, 3.63) is 42.3 Å². The molecule has 6 nitrogen and oxygen atoms in total. The third-order valence-electron chi connectivity index (χ3n) is 5.95. The maximum absolute atomic E-state index is 15.3. The third kappa shape index (κ3) is 3.43. The Hall–Kier alpha value is -3.06. The summed E-state index contributed by atoms with van der Waals surface area (Å²) in [6.45, 7) is 7.39. The monoisotopic (exact) mass is 422 g/mol. The lowest BCUT2D eigenvalue weighted by Crippen LogP contribution is -2.44. The molecule has 0 spiro atoms. The first-order chi connectivity index (χ1) is 14.9. The van der Waals surface area contributed by atoms with Crippen LogP contribution in [0.1, 0.15) is 13.8 Å². The van der Waals surface area contributed by atoms with Crippen LogP contribution in [0.4, 0.5) is 10.1 Å². The van der Waals surface area contributed by atoms with Gasteiger partial charge in [0.15, 0.2) is 0 Å². The molecule has 0 radical (unpaired) electrons. The fourth-order valence-corrected chi connectivity index (χ4v) is 4.31. The highest BCUT2D eigenvalue weighted by Crippen LogP contribution is 2.39. The standard InChI is InChI=1S/C24H27FN4O2/c1-15(2)31-29-14-19-17-11-16(30-4)5-6-21(17)26-24(19)18-12-20(25)23(13-22(18)29)28-9-7-27(3)8-10-28/h5-6,11-15H,7-10H2,1-4H3. The van der Waals surface area contributed by atoms with Gasteiger partial charge in [0.1, 0.15) is 17.7 Å². The Kier molecular flexibility index (Phi) is 4.85. The minimum atomic E-state index is -0.231. The Morgan fingerprint density at radius 3 is 2.52 bits per heavy atom. The highest BCUT2D eigenvalue weighted by atomic mass is 19.1. The molecule has 0 N–H and O–H groups in total. The van der Waals surface area contributed by atoms with Crippen molar-refractivity contribution in [3.8, 4) is 17.0 Å². The molecular formula is C24H27FN4O2. The molecule has 0 aromatic heterocycles. The summed E-state index contributed by atoms with van der Waals surface area (Å²) in [4.78, 5) is 15.3. The molecule has 2 aromatic carbocycles. The zero-order valence-corrected chi connectivity index (χ0v) is 18.4. The first-order valence-corrected chi connectivity index (χ1v) is 10.7. The van der Waals surface area contributed by atoms with Crippen molar-refractivity contribution >= 4 is 27.5 Å². The van der Waals surface area contributed by atoms with Gasteiger partial charge < -0.3 is 19.4 Å². The smallest absolute Gasteiger partial charge is 0.147 e. The molecule has 3 aliphatic heterocycles. The SMILES string of the molecule is COc1ccc2nc3c4cc(F)c(N5CCN(C)CC5)cc4n(OC(C)C)cc-3c2c1. The lowest BCUT2D eigenvalue weighted by molar-refractivity contribution is 0.0677. The van der Waals surface area contributed by atoms with Crippen LogP contribution >= 0.6 is 0 Å². The number of nitrogens with zero attached hydrogens (tertiary/aromatic N) is 4. The van der Waals surface area contributed by atoms with E-state index in [9.17, 15) is 0 Å². The molecule has 0 saturated carbocycles. The first-order valence-electron chi connectivity index (χ1n) is 10.7. The Labute approximate surface area is 181 Å². The van der Waals surface area contributed by atoms with Gasteiger partial charge in [0, 0.05) is 42.5 Å². The number of anilines is 1. The maximum atomic E-state index is 15.3. The van der Waals surface area contributed by atoms with Crippen LogP contribution in [-0.4, -0.2) is 61.1 Å². The number of rotatable bonds is 4. The molecule has 0 atom stereocenters. The van der Waals surface area contributed by atoms with Gasteiger partial charge in [-0.2, -0.15) is 4.73 Å². The lowest BCUT2D eigenvalue weighted by Gasteiger charge is -2.34. The Balaban J connectivity index is 1.75. The van der Waals surface area contributed by atoms with Crippen LogP contribution in [0.25, 0.3) is 33.1 Å². The quantitative estimate of drug-likeness (QED) is 0.497. The van der Waals surface area contributed by atoms with Gasteiger partial charge in [-0.1, -0.05) is 0 Å². The molecular weight excluding hydrogens is 395 g/mol. The zero-order chi connectivity index (χ0) is 21.7. The van der Waals surface area contributed by atoms with E-state index in [2.05, 4.69) is 16.8 Å². The number of hydrogen-bond donors (Lipinski definition) is 0. The Morgan fingerprint density at radius 1 is 1.03 bits per heavy atom. The van der Waals surface area contributed by atoms with Crippen molar-refractivity contribution in [2.45, 2.75) is 20.0 Å². The summed E-state index contributed by atoms with van der Waals surface area (Å²) in [5.41, 5.74) is 3.95. The summed E-state index contributed by atoms with van der Waals surface area (Å²) >= 11 is 0. The summed E-state index contributed by atoms with van der Waals surface area (Å²) in [6.07, 6.45) is 1.92. The molecule has 31 heavy (non-hydrogen) atoms. The second-order valence-electron chi connectivity index (χ2n) is 8.48. The van der Waals surface area contributed by atoms with Gasteiger partial charge in [0.05, 0.1) is 35.7 Å². The molecule has 0 amide bonds. The molecule has 0 bridgehead atoms. The molecule has 7 heteroatoms. The average molecular weight is 423 g/mol. The van der Waals surface area contributed by atoms with Crippen LogP contribution in [0.15, 0.2) is 36.5 Å². The van der Waals surface area contributed by atoms with Crippen molar-refractivity contribution in [2.75, 3.05) is 45.2 Å². The van der Waals surface area contributed by atoms with Crippen LogP contribution in [0.5, 0.6) is 5.75 Å². The second kappa shape index (κ2) is 7.57.